The summed E-state index contributed by atoms with van der Waals surface area (Å²) in [5.74, 6) is 0. The first kappa shape index (κ1) is 13.0. The van der Waals surface area contributed by atoms with Crippen molar-refractivity contribution in [3.05, 3.63) is 76.6 Å². The van der Waals surface area contributed by atoms with E-state index in [2.05, 4.69) is 10.2 Å². The van der Waals surface area contributed by atoms with Gasteiger partial charge >= 0.3 is 0 Å². The molecule has 0 saturated carbocycles. The molecular weight excluding hydrogens is 264 g/mol. The van der Waals surface area contributed by atoms with Crippen LogP contribution in [0.2, 0.25) is 0 Å². The molecule has 3 rings (SSSR count). The van der Waals surface area contributed by atoms with Crippen LogP contribution in [0.25, 0.3) is 22.4 Å². The van der Waals surface area contributed by atoms with Crippen LogP contribution in [0, 0.1) is 0 Å². The van der Waals surface area contributed by atoms with Gasteiger partial charge in [-0.25, -0.2) is 5.10 Å². The number of aldehydes is 1. The zero-order chi connectivity index (χ0) is 14.7. The molecule has 1 N–H and O–H groups in total. The zero-order valence-corrected chi connectivity index (χ0v) is 11.1. The Hall–Kier alpha value is -3.01. The fraction of sp³-hybridized carbons (Fsp3) is 0. The lowest BCUT2D eigenvalue weighted by molar-refractivity contribution is 0.112. The van der Waals surface area contributed by atoms with Crippen molar-refractivity contribution in [1.29, 1.82) is 0 Å². The van der Waals surface area contributed by atoms with E-state index in [-0.39, 0.29) is 5.56 Å². The third-order valence-corrected chi connectivity index (χ3v) is 3.21. The number of carbonyl (C=O) groups is 1. The molecule has 0 radical (unpaired) electrons. The van der Waals surface area contributed by atoms with Crippen molar-refractivity contribution in [2.45, 2.75) is 0 Å². The van der Waals surface area contributed by atoms with Gasteiger partial charge < -0.3 is 0 Å². The molecule has 3 aromatic rings. The van der Waals surface area contributed by atoms with Gasteiger partial charge in [-0.05, 0) is 5.56 Å². The lowest BCUT2D eigenvalue weighted by Gasteiger charge is -2.08. The van der Waals surface area contributed by atoms with Gasteiger partial charge in [0.25, 0.3) is 5.56 Å². The molecule has 102 valence electrons. The number of nitrogens with zero attached hydrogens (tertiary/aromatic N) is 1. The van der Waals surface area contributed by atoms with Gasteiger partial charge in [-0.3, -0.25) is 9.59 Å². The molecule has 2 aromatic carbocycles. The molecule has 0 atom stereocenters. The Kier molecular flexibility index (Phi) is 3.43. The first-order valence-electron chi connectivity index (χ1n) is 6.49. The van der Waals surface area contributed by atoms with E-state index in [9.17, 15) is 9.59 Å². The fourth-order valence-electron chi connectivity index (χ4n) is 2.18. The van der Waals surface area contributed by atoms with Crippen LogP contribution in [0.3, 0.4) is 0 Å². The number of nitrogens with one attached hydrogen (secondary N) is 1. The predicted octanol–water partition coefficient (Wildman–Crippen LogP) is 2.92. The van der Waals surface area contributed by atoms with Crippen LogP contribution in [-0.4, -0.2) is 16.5 Å². The highest BCUT2D eigenvalue weighted by Crippen LogP contribution is 2.28. The van der Waals surface area contributed by atoms with E-state index in [1.165, 1.54) is 6.07 Å². The van der Waals surface area contributed by atoms with Crippen molar-refractivity contribution in [2.75, 3.05) is 0 Å². The van der Waals surface area contributed by atoms with Crippen LogP contribution in [0.15, 0.2) is 65.5 Å². The van der Waals surface area contributed by atoms with Crippen molar-refractivity contribution in [1.82, 2.24) is 10.2 Å². The van der Waals surface area contributed by atoms with Crippen molar-refractivity contribution in [2.24, 2.45) is 0 Å². The maximum Gasteiger partial charge on any atom is 0.264 e. The second kappa shape index (κ2) is 5.54. The smallest absolute Gasteiger partial charge is 0.264 e. The largest absolute Gasteiger partial charge is 0.298 e. The summed E-state index contributed by atoms with van der Waals surface area (Å²) in [6.07, 6.45) is 0.790. The average Bonchev–Trinajstić information content (AvgIpc) is 2.56. The Labute approximate surface area is 121 Å². The Morgan fingerprint density at radius 2 is 1.62 bits per heavy atom. The van der Waals surface area contributed by atoms with E-state index in [0.29, 0.717) is 11.3 Å². The topological polar surface area (TPSA) is 62.8 Å². The second-order valence-electron chi connectivity index (χ2n) is 4.60. The Bertz CT molecular complexity index is 821. The molecule has 1 aromatic heterocycles. The Morgan fingerprint density at radius 3 is 2.29 bits per heavy atom. The summed E-state index contributed by atoms with van der Waals surface area (Å²) >= 11 is 0. The van der Waals surface area contributed by atoms with Crippen LogP contribution in [0.5, 0.6) is 0 Å². The summed E-state index contributed by atoms with van der Waals surface area (Å²) in [5, 5.41) is 6.63. The summed E-state index contributed by atoms with van der Waals surface area (Å²) in [7, 11) is 0. The second-order valence-corrected chi connectivity index (χ2v) is 4.60. The highest BCUT2D eigenvalue weighted by molar-refractivity contribution is 5.82. The number of rotatable bonds is 3. The first-order chi connectivity index (χ1) is 10.3. The molecule has 0 spiro atoms. The molecule has 0 aliphatic carbocycles. The number of benzene rings is 2. The predicted molar refractivity (Wildman–Crippen MR) is 81.1 cm³/mol. The molecule has 1 heterocycles. The van der Waals surface area contributed by atoms with Crippen LogP contribution in [0.1, 0.15) is 10.4 Å². The number of H-pyrrole nitrogens is 1. The summed E-state index contributed by atoms with van der Waals surface area (Å²) in [5.41, 5.74) is 3.54. The van der Waals surface area contributed by atoms with Gasteiger partial charge in [0.2, 0.25) is 0 Å². The lowest BCUT2D eigenvalue weighted by Crippen LogP contribution is -2.08. The molecule has 4 heteroatoms. The van der Waals surface area contributed by atoms with E-state index in [1.807, 2.05) is 42.5 Å². The molecule has 0 aliphatic heterocycles. The molecule has 0 bridgehead atoms. The van der Waals surface area contributed by atoms with E-state index < -0.39 is 0 Å². The molecule has 0 saturated heterocycles. The molecule has 21 heavy (non-hydrogen) atoms. The van der Waals surface area contributed by atoms with Crippen molar-refractivity contribution < 1.29 is 4.79 Å². The van der Waals surface area contributed by atoms with Crippen LogP contribution in [0.4, 0.5) is 0 Å². The maximum absolute atomic E-state index is 11.6. The van der Waals surface area contributed by atoms with Gasteiger partial charge in [-0.2, -0.15) is 5.10 Å². The Morgan fingerprint density at radius 1 is 0.905 bits per heavy atom. The van der Waals surface area contributed by atoms with Crippen LogP contribution >= 0.6 is 0 Å². The summed E-state index contributed by atoms with van der Waals surface area (Å²) in [6, 6.07) is 18.2. The average molecular weight is 276 g/mol. The number of hydrogen-bond donors (Lipinski definition) is 1. The molecule has 0 fully saturated rings. The van der Waals surface area contributed by atoms with Gasteiger partial charge in [0.05, 0.1) is 5.69 Å². The van der Waals surface area contributed by atoms with Gasteiger partial charge in [-0.1, -0.05) is 54.6 Å². The van der Waals surface area contributed by atoms with Gasteiger partial charge in [0.15, 0.2) is 0 Å². The number of carbonyl (C=O) groups excluding carboxylic acids is 1. The number of aromatic nitrogens is 2. The minimum absolute atomic E-state index is 0.260. The quantitative estimate of drug-likeness (QED) is 0.748. The minimum Gasteiger partial charge on any atom is -0.298 e. The molecule has 0 amide bonds. The van der Waals surface area contributed by atoms with Crippen molar-refractivity contribution >= 4 is 6.29 Å². The zero-order valence-electron chi connectivity index (χ0n) is 11.1. The molecule has 0 unspecified atom stereocenters. The monoisotopic (exact) mass is 276 g/mol. The fourth-order valence-corrected chi connectivity index (χ4v) is 2.18. The van der Waals surface area contributed by atoms with Crippen molar-refractivity contribution in [3.8, 4) is 22.4 Å². The van der Waals surface area contributed by atoms with Gasteiger partial charge in [0.1, 0.15) is 6.29 Å². The lowest BCUT2D eigenvalue weighted by atomic mass is 9.99. The number of hydrogen-bond acceptors (Lipinski definition) is 3. The number of aromatic amines is 1. The molecular formula is C17H12N2O2. The third-order valence-electron chi connectivity index (χ3n) is 3.21. The standard InChI is InChI=1S/C17H12N2O2/c20-11-12-6-8-13(9-7-12)15-10-16(21)18-19-17(15)14-4-2-1-3-5-14/h1-11H,(H,18,21). The van der Waals surface area contributed by atoms with Crippen molar-refractivity contribution in [3.63, 3.8) is 0 Å². The normalized spacial score (nSPS) is 10.3. The van der Waals surface area contributed by atoms with E-state index in [0.717, 1.165) is 23.0 Å². The van der Waals surface area contributed by atoms with Crippen LogP contribution < -0.4 is 5.56 Å². The summed E-state index contributed by atoms with van der Waals surface area (Å²) < 4.78 is 0. The van der Waals surface area contributed by atoms with Gasteiger partial charge in [-0.15, -0.1) is 0 Å². The minimum atomic E-state index is -0.260. The van der Waals surface area contributed by atoms with Gasteiger partial charge in [0, 0.05) is 22.8 Å². The molecule has 0 aliphatic rings. The highest BCUT2D eigenvalue weighted by Gasteiger charge is 2.10. The highest BCUT2D eigenvalue weighted by atomic mass is 16.1. The van der Waals surface area contributed by atoms with Crippen LogP contribution in [-0.2, 0) is 0 Å². The first-order valence-corrected chi connectivity index (χ1v) is 6.49. The van der Waals surface area contributed by atoms with E-state index in [1.54, 1.807) is 12.1 Å². The molecule has 4 nitrogen and oxygen atoms in total. The third kappa shape index (κ3) is 2.65. The van der Waals surface area contributed by atoms with E-state index in [4.69, 9.17) is 0 Å². The SMILES string of the molecule is O=Cc1ccc(-c2cc(=O)[nH]nc2-c2ccccc2)cc1. The Balaban J connectivity index is 2.18. The van der Waals surface area contributed by atoms with E-state index >= 15 is 0 Å². The summed E-state index contributed by atoms with van der Waals surface area (Å²) in [4.78, 5) is 22.3. The summed E-state index contributed by atoms with van der Waals surface area (Å²) in [6.45, 7) is 0. The maximum atomic E-state index is 11.6.